The smallest absolute Gasteiger partial charge is 0.0188 e. The van der Waals surface area contributed by atoms with E-state index in [9.17, 15) is 0 Å². The zero-order valence-electron chi connectivity index (χ0n) is 9.74. The lowest BCUT2D eigenvalue weighted by atomic mass is 10.1. The average molecular weight is 206 g/mol. The maximum Gasteiger partial charge on any atom is 0.0188 e. The van der Waals surface area contributed by atoms with Crippen molar-refractivity contribution in [3.05, 3.63) is 35.9 Å². The molecule has 0 saturated carbocycles. The van der Waals surface area contributed by atoms with Gasteiger partial charge in [-0.25, -0.2) is 0 Å². The molecule has 1 unspecified atom stereocenters. The zero-order valence-corrected chi connectivity index (χ0v) is 9.74. The summed E-state index contributed by atoms with van der Waals surface area (Å²) >= 11 is 0. The quantitative estimate of drug-likeness (QED) is 0.697. The fraction of sp³-hybridized carbons (Fsp3) is 0.538. The number of hydrogen-bond donors (Lipinski definition) is 2. The molecule has 0 aliphatic heterocycles. The first-order valence-corrected chi connectivity index (χ1v) is 5.70. The fourth-order valence-electron chi connectivity index (χ4n) is 1.38. The molecule has 15 heavy (non-hydrogen) atoms. The van der Waals surface area contributed by atoms with E-state index in [0.29, 0.717) is 5.92 Å². The van der Waals surface area contributed by atoms with Gasteiger partial charge in [0.2, 0.25) is 0 Å². The van der Waals surface area contributed by atoms with Crippen LogP contribution in [-0.4, -0.2) is 19.1 Å². The van der Waals surface area contributed by atoms with E-state index >= 15 is 0 Å². The van der Waals surface area contributed by atoms with E-state index in [1.807, 2.05) is 6.07 Å². The van der Waals surface area contributed by atoms with Gasteiger partial charge in [0.1, 0.15) is 0 Å². The first kappa shape index (κ1) is 12.2. The third-order valence-corrected chi connectivity index (χ3v) is 2.67. The number of nitrogens with one attached hydrogen (secondary N) is 1. The SMILES string of the molecule is CC(C)C(N)CNCCc1ccccc1. The van der Waals surface area contributed by atoms with Crippen LogP contribution in [0, 0.1) is 5.92 Å². The van der Waals surface area contributed by atoms with Gasteiger partial charge in [-0.3, -0.25) is 0 Å². The summed E-state index contributed by atoms with van der Waals surface area (Å²) in [5.74, 6) is 0.550. The summed E-state index contributed by atoms with van der Waals surface area (Å²) in [7, 11) is 0. The molecule has 0 fully saturated rings. The van der Waals surface area contributed by atoms with Gasteiger partial charge in [-0.2, -0.15) is 0 Å². The Morgan fingerprint density at radius 2 is 1.87 bits per heavy atom. The predicted molar refractivity (Wildman–Crippen MR) is 65.8 cm³/mol. The molecule has 84 valence electrons. The minimum atomic E-state index is 0.265. The molecule has 1 aromatic carbocycles. The van der Waals surface area contributed by atoms with E-state index < -0.39 is 0 Å². The summed E-state index contributed by atoms with van der Waals surface area (Å²) in [5.41, 5.74) is 7.31. The number of nitrogens with two attached hydrogens (primary N) is 1. The van der Waals surface area contributed by atoms with Crippen molar-refractivity contribution in [2.45, 2.75) is 26.3 Å². The third kappa shape index (κ3) is 4.96. The topological polar surface area (TPSA) is 38.0 Å². The van der Waals surface area contributed by atoms with Crippen LogP contribution in [0.2, 0.25) is 0 Å². The van der Waals surface area contributed by atoms with Gasteiger partial charge in [0.05, 0.1) is 0 Å². The Hall–Kier alpha value is -0.860. The van der Waals surface area contributed by atoms with Crippen LogP contribution in [0.5, 0.6) is 0 Å². The Morgan fingerprint density at radius 1 is 1.20 bits per heavy atom. The van der Waals surface area contributed by atoms with Gasteiger partial charge < -0.3 is 11.1 Å². The van der Waals surface area contributed by atoms with Crippen LogP contribution in [0.15, 0.2) is 30.3 Å². The van der Waals surface area contributed by atoms with Gasteiger partial charge >= 0.3 is 0 Å². The van der Waals surface area contributed by atoms with Crippen molar-refractivity contribution in [3.8, 4) is 0 Å². The summed E-state index contributed by atoms with van der Waals surface area (Å²) < 4.78 is 0. The molecule has 0 heterocycles. The Balaban J connectivity index is 2.12. The number of benzene rings is 1. The second kappa shape index (κ2) is 6.59. The normalized spacial score (nSPS) is 13.1. The summed E-state index contributed by atoms with van der Waals surface area (Å²) in [6.07, 6.45) is 1.08. The van der Waals surface area contributed by atoms with Crippen molar-refractivity contribution >= 4 is 0 Å². The van der Waals surface area contributed by atoms with E-state index in [4.69, 9.17) is 5.73 Å². The molecule has 0 radical (unpaired) electrons. The summed E-state index contributed by atoms with van der Waals surface area (Å²) in [6.45, 7) is 6.22. The van der Waals surface area contributed by atoms with Crippen molar-refractivity contribution in [3.63, 3.8) is 0 Å². The summed E-state index contributed by atoms with van der Waals surface area (Å²) in [4.78, 5) is 0. The van der Waals surface area contributed by atoms with Crippen LogP contribution < -0.4 is 11.1 Å². The average Bonchev–Trinajstić information content (AvgIpc) is 2.25. The summed E-state index contributed by atoms with van der Waals surface area (Å²) in [6, 6.07) is 10.8. The second-order valence-corrected chi connectivity index (χ2v) is 4.35. The molecular weight excluding hydrogens is 184 g/mol. The molecule has 0 bridgehead atoms. The lowest BCUT2D eigenvalue weighted by molar-refractivity contribution is 0.460. The first-order valence-electron chi connectivity index (χ1n) is 5.70. The van der Waals surface area contributed by atoms with Crippen molar-refractivity contribution in [2.24, 2.45) is 11.7 Å². The Morgan fingerprint density at radius 3 is 2.47 bits per heavy atom. The van der Waals surface area contributed by atoms with Crippen molar-refractivity contribution in [1.82, 2.24) is 5.32 Å². The highest BCUT2D eigenvalue weighted by atomic mass is 14.9. The Bertz CT molecular complexity index is 256. The van der Waals surface area contributed by atoms with Gasteiger partial charge in [-0.05, 0) is 24.4 Å². The number of rotatable bonds is 6. The highest BCUT2D eigenvalue weighted by Crippen LogP contribution is 1.99. The minimum absolute atomic E-state index is 0.265. The maximum atomic E-state index is 5.93. The molecule has 0 aliphatic carbocycles. The molecule has 1 rings (SSSR count). The molecule has 0 aromatic heterocycles. The van der Waals surface area contributed by atoms with Crippen LogP contribution in [0.1, 0.15) is 19.4 Å². The molecule has 0 saturated heterocycles. The van der Waals surface area contributed by atoms with E-state index in [1.165, 1.54) is 5.56 Å². The molecule has 0 amide bonds. The van der Waals surface area contributed by atoms with Crippen LogP contribution in [-0.2, 0) is 6.42 Å². The molecule has 0 aliphatic rings. The summed E-state index contributed by atoms with van der Waals surface area (Å²) in [5, 5.41) is 3.39. The van der Waals surface area contributed by atoms with Crippen LogP contribution >= 0.6 is 0 Å². The zero-order chi connectivity index (χ0) is 11.1. The standard InChI is InChI=1S/C13H22N2/c1-11(2)13(14)10-15-9-8-12-6-4-3-5-7-12/h3-7,11,13,15H,8-10,14H2,1-2H3. The molecule has 1 aromatic rings. The van der Waals surface area contributed by atoms with Gasteiger partial charge in [0.25, 0.3) is 0 Å². The second-order valence-electron chi connectivity index (χ2n) is 4.35. The van der Waals surface area contributed by atoms with Crippen molar-refractivity contribution in [1.29, 1.82) is 0 Å². The van der Waals surface area contributed by atoms with Gasteiger partial charge in [-0.1, -0.05) is 44.2 Å². The Kier molecular flexibility index (Phi) is 5.37. The predicted octanol–water partition coefficient (Wildman–Crippen LogP) is 1.80. The van der Waals surface area contributed by atoms with E-state index in [2.05, 4.69) is 43.4 Å². The van der Waals surface area contributed by atoms with Gasteiger partial charge in [0, 0.05) is 12.6 Å². The highest BCUT2D eigenvalue weighted by molar-refractivity contribution is 5.14. The highest BCUT2D eigenvalue weighted by Gasteiger charge is 2.05. The van der Waals surface area contributed by atoms with Crippen LogP contribution in [0.3, 0.4) is 0 Å². The van der Waals surface area contributed by atoms with E-state index in [1.54, 1.807) is 0 Å². The van der Waals surface area contributed by atoms with E-state index in [-0.39, 0.29) is 6.04 Å². The molecule has 3 N–H and O–H groups in total. The molecule has 2 heteroatoms. The largest absolute Gasteiger partial charge is 0.326 e. The van der Waals surface area contributed by atoms with Crippen LogP contribution in [0.25, 0.3) is 0 Å². The molecular formula is C13H22N2. The van der Waals surface area contributed by atoms with Crippen LogP contribution in [0.4, 0.5) is 0 Å². The molecule has 1 atom stereocenters. The van der Waals surface area contributed by atoms with Crippen molar-refractivity contribution in [2.75, 3.05) is 13.1 Å². The molecule has 2 nitrogen and oxygen atoms in total. The van der Waals surface area contributed by atoms with Gasteiger partial charge in [0.15, 0.2) is 0 Å². The van der Waals surface area contributed by atoms with E-state index in [0.717, 1.165) is 19.5 Å². The first-order chi connectivity index (χ1) is 7.20. The minimum Gasteiger partial charge on any atom is -0.326 e. The van der Waals surface area contributed by atoms with Crippen molar-refractivity contribution < 1.29 is 0 Å². The number of hydrogen-bond acceptors (Lipinski definition) is 2. The monoisotopic (exact) mass is 206 g/mol. The fourth-order valence-corrected chi connectivity index (χ4v) is 1.38. The Labute approximate surface area is 92.9 Å². The molecule has 0 spiro atoms. The lowest BCUT2D eigenvalue weighted by Gasteiger charge is -2.16. The lowest BCUT2D eigenvalue weighted by Crippen LogP contribution is -2.38. The third-order valence-electron chi connectivity index (χ3n) is 2.67. The maximum absolute atomic E-state index is 5.93. The van der Waals surface area contributed by atoms with Gasteiger partial charge in [-0.15, -0.1) is 0 Å².